The standard InChI is InChI=1S/C22H25Cl2N3O2/c1-5-17(26-21(28)29-22(2,3)4)20-25-18-8-6-7-9-19(18)27(20)13-14-10-11-15(23)16(24)12-14/h6-12,17H,5,13H2,1-4H3,(H,26,28). The fraction of sp³-hybridized carbons (Fsp3) is 0.364. The number of nitrogens with one attached hydrogen (secondary N) is 1. The van der Waals surface area contributed by atoms with Gasteiger partial charge in [0.05, 0.1) is 27.1 Å². The van der Waals surface area contributed by atoms with E-state index in [1.54, 1.807) is 6.07 Å². The monoisotopic (exact) mass is 433 g/mol. The average Bonchev–Trinajstić information content (AvgIpc) is 3.00. The third kappa shape index (κ3) is 5.22. The molecule has 3 rings (SSSR count). The normalized spacial score (nSPS) is 12.8. The van der Waals surface area contributed by atoms with Crippen LogP contribution in [0.4, 0.5) is 4.79 Å². The molecular weight excluding hydrogens is 409 g/mol. The third-order valence-corrected chi connectivity index (χ3v) is 5.16. The summed E-state index contributed by atoms with van der Waals surface area (Å²) in [6.45, 7) is 8.08. The second-order valence-corrected chi connectivity index (χ2v) is 8.71. The maximum absolute atomic E-state index is 12.4. The van der Waals surface area contributed by atoms with Crippen LogP contribution in [0.5, 0.6) is 0 Å². The van der Waals surface area contributed by atoms with E-state index in [-0.39, 0.29) is 6.04 Å². The van der Waals surface area contributed by atoms with Crippen LogP contribution in [-0.2, 0) is 11.3 Å². The Bertz CT molecular complexity index is 1020. The van der Waals surface area contributed by atoms with Crippen molar-refractivity contribution in [2.45, 2.75) is 52.3 Å². The maximum Gasteiger partial charge on any atom is 0.408 e. The molecule has 0 aliphatic carbocycles. The van der Waals surface area contributed by atoms with Crippen molar-refractivity contribution in [1.29, 1.82) is 0 Å². The first-order valence-electron chi connectivity index (χ1n) is 9.56. The number of imidazole rings is 1. The zero-order valence-corrected chi connectivity index (χ0v) is 18.5. The number of hydrogen-bond donors (Lipinski definition) is 1. The van der Waals surface area contributed by atoms with Crippen LogP contribution >= 0.6 is 23.2 Å². The van der Waals surface area contributed by atoms with Gasteiger partial charge in [-0.3, -0.25) is 0 Å². The van der Waals surface area contributed by atoms with Gasteiger partial charge in [-0.2, -0.15) is 0 Å². The number of alkyl carbamates (subject to hydrolysis) is 1. The molecule has 1 unspecified atom stereocenters. The number of nitrogens with zero attached hydrogens (tertiary/aromatic N) is 2. The van der Waals surface area contributed by atoms with E-state index in [4.69, 9.17) is 32.9 Å². The van der Waals surface area contributed by atoms with Crippen molar-refractivity contribution >= 4 is 40.3 Å². The molecular formula is C22H25Cl2N3O2. The van der Waals surface area contributed by atoms with E-state index >= 15 is 0 Å². The lowest BCUT2D eigenvalue weighted by atomic mass is 10.2. The van der Waals surface area contributed by atoms with E-state index < -0.39 is 11.7 Å². The average molecular weight is 434 g/mol. The molecule has 1 aromatic heterocycles. The topological polar surface area (TPSA) is 56.1 Å². The molecule has 0 radical (unpaired) electrons. The Hall–Kier alpha value is -2.24. The molecule has 0 spiro atoms. The predicted molar refractivity (Wildman–Crippen MR) is 118 cm³/mol. The fourth-order valence-electron chi connectivity index (χ4n) is 3.15. The minimum Gasteiger partial charge on any atom is -0.444 e. The Balaban J connectivity index is 1.98. The van der Waals surface area contributed by atoms with E-state index in [2.05, 4.69) is 9.88 Å². The maximum atomic E-state index is 12.4. The van der Waals surface area contributed by atoms with Gasteiger partial charge in [0.2, 0.25) is 0 Å². The zero-order valence-electron chi connectivity index (χ0n) is 17.0. The van der Waals surface area contributed by atoms with Crippen LogP contribution in [-0.4, -0.2) is 21.2 Å². The van der Waals surface area contributed by atoms with Crippen molar-refractivity contribution in [3.05, 3.63) is 63.9 Å². The summed E-state index contributed by atoms with van der Waals surface area (Å²) in [5.74, 6) is 0.769. The van der Waals surface area contributed by atoms with Gasteiger partial charge in [0.1, 0.15) is 11.4 Å². The number of amides is 1. The number of hydrogen-bond acceptors (Lipinski definition) is 3. The van der Waals surface area contributed by atoms with Crippen molar-refractivity contribution < 1.29 is 9.53 Å². The Morgan fingerprint density at radius 2 is 1.90 bits per heavy atom. The van der Waals surface area contributed by atoms with E-state index in [1.165, 1.54) is 0 Å². The predicted octanol–water partition coefficient (Wildman–Crippen LogP) is 6.37. The minimum atomic E-state index is -0.567. The number of para-hydroxylation sites is 2. The molecule has 0 bridgehead atoms. The van der Waals surface area contributed by atoms with E-state index in [1.807, 2.05) is 64.1 Å². The largest absolute Gasteiger partial charge is 0.444 e. The second kappa shape index (κ2) is 8.64. The number of benzene rings is 2. The molecule has 0 aliphatic heterocycles. The Kier molecular flexibility index (Phi) is 6.39. The van der Waals surface area contributed by atoms with Gasteiger partial charge in [-0.05, 0) is 57.0 Å². The van der Waals surface area contributed by atoms with Crippen molar-refractivity contribution in [3.8, 4) is 0 Å². The molecule has 29 heavy (non-hydrogen) atoms. The fourth-order valence-corrected chi connectivity index (χ4v) is 3.47. The summed E-state index contributed by atoms with van der Waals surface area (Å²) in [6, 6.07) is 13.2. The minimum absolute atomic E-state index is 0.292. The lowest BCUT2D eigenvalue weighted by molar-refractivity contribution is 0.0499. The van der Waals surface area contributed by atoms with Crippen LogP contribution in [0.25, 0.3) is 11.0 Å². The highest BCUT2D eigenvalue weighted by molar-refractivity contribution is 6.42. The quantitative estimate of drug-likeness (QED) is 0.508. The van der Waals surface area contributed by atoms with Crippen LogP contribution in [0.3, 0.4) is 0 Å². The van der Waals surface area contributed by atoms with E-state index in [9.17, 15) is 4.79 Å². The first-order chi connectivity index (χ1) is 13.7. The van der Waals surface area contributed by atoms with Crippen molar-refractivity contribution in [1.82, 2.24) is 14.9 Å². The van der Waals surface area contributed by atoms with E-state index in [0.29, 0.717) is 23.0 Å². The number of rotatable bonds is 5. The van der Waals surface area contributed by atoms with Crippen molar-refractivity contribution in [2.75, 3.05) is 0 Å². The lowest BCUT2D eigenvalue weighted by Crippen LogP contribution is -2.35. The third-order valence-electron chi connectivity index (χ3n) is 4.42. The Labute approximate surface area is 181 Å². The molecule has 0 aliphatic rings. The van der Waals surface area contributed by atoms with Gasteiger partial charge >= 0.3 is 6.09 Å². The van der Waals surface area contributed by atoms with Gasteiger partial charge < -0.3 is 14.6 Å². The number of carbonyl (C=O) groups is 1. The van der Waals surface area contributed by atoms with Gasteiger partial charge in [0.15, 0.2) is 0 Å². The summed E-state index contributed by atoms with van der Waals surface area (Å²) in [4.78, 5) is 17.2. The van der Waals surface area contributed by atoms with Crippen LogP contribution in [0, 0.1) is 0 Å². The van der Waals surface area contributed by atoms with Crippen LogP contribution in [0.2, 0.25) is 10.0 Å². The lowest BCUT2D eigenvalue weighted by Gasteiger charge is -2.23. The summed E-state index contributed by atoms with van der Waals surface area (Å²) in [5, 5.41) is 3.98. The number of ether oxygens (including phenoxy) is 1. The highest BCUT2D eigenvalue weighted by Gasteiger charge is 2.24. The molecule has 2 aromatic carbocycles. The summed E-state index contributed by atoms with van der Waals surface area (Å²) in [6.07, 6.45) is 0.210. The molecule has 1 N–H and O–H groups in total. The number of fused-ring (bicyclic) bond motifs is 1. The molecule has 3 aromatic rings. The highest BCUT2D eigenvalue weighted by Crippen LogP contribution is 2.27. The summed E-state index contributed by atoms with van der Waals surface area (Å²) in [7, 11) is 0. The number of halogens is 2. The molecule has 1 heterocycles. The second-order valence-electron chi connectivity index (χ2n) is 7.90. The molecule has 7 heteroatoms. The van der Waals surface area contributed by atoms with Gasteiger partial charge in [0.25, 0.3) is 0 Å². The van der Waals surface area contributed by atoms with Crippen LogP contribution in [0.15, 0.2) is 42.5 Å². The van der Waals surface area contributed by atoms with Gasteiger partial charge in [-0.15, -0.1) is 0 Å². The highest BCUT2D eigenvalue weighted by atomic mass is 35.5. The van der Waals surface area contributed by atoms with Crippen molar-refractivity contribution in [2.24, 2.45) is 0 Å². The first kappa shape index (κ1) is 21.5. The smallest absolute Gasteiger partial charge is 0.408 e. The zero-order chi connectivity index (χ0) is 21.2. The molecule has 0 fully saturated rings. The summed E-state index contributed by atoms with van der Waals surface area (Å²) >= 11 is 12.3. The Morgan fingerprint density at radius 1 is 1.17 bits per heavy atom. The van der Waals surface area contributed by atoms with E-state index in [0.717, 1.165) is 22.4 Å². The van der Waals surface area contributed by atoms with Crippen LogP contribution < -0.4 is 5.32 Å². The van der Waals surface area contributed by atoms with Gasteiger partial charge in [-0.1, -0.05) is 48.3 Å². The summed E-state index contributed by atoms with van der Waals surface area (Å²) in [5.41, 5.74) is 2.28. The van der Waals surface area contributed by atoms with Gasteiger partial charge in [-0.25, -0.2) is 9.78 Å². The number of carbonyl (C=O) groups excluding carboxylic acids is 1. The molecule has 0 saturated carbocycles. The molecule has 0 saturated heterocycles. The molecule has 154 valence electrons. The van der Waals surface area contributed by atoms with Gasteiger partial charge in [0, 0.05) is 6.54 Å². The molecule has 5 nitrogen and oxygen atoms in total. The Morgan fingerprint density at radius 3 is 2.55 bits per heavy atom. The molecule has 1 amide bonds. The van der Waals surface area contributed by atoms with Crippen molar-refractivity contribution in [3.63, 3.8) is 0 Å². The van der Waals surface area contributed by atoms with Crippen LogP contribution in [0.1, 0.15) is 51.5 Å². The summed E-state index contributed by atoms with van der Waals surface area (Å²) < 4.78 is 7.53. The SMILES string of the molecule is CCC(NC(=O)OC(C)(C)C)c1nc2ccccc2n1Cc1ccc(Cl)c(Cl)c1. The number of aromatic nitrogens is 2. The first-order valence-corrected chi connectivity index (χ1v) is 10.3. The molecule has 1 atom stereocenters.